The van der Waals surface area contributed by atoms with Gasteiger partial charge in [-0.2, -0.15) is 0 Å². The van der Waals surface area contributed by atoms with Gasteiger partial charge in [-0.25, -0.2) is 0 Å². The number of carbonyl (C=O) groups is 2. The minimum absolute atomic E-state index is 0.00978. The molecule has 0 radical (unpaired) electrons. The summed E-state index contributed by atoms with van der Waals surface area (Å²) in [5.41, 5.74) is 2.42. The molecule has 0 N–H and O–H groups in total. The number of nitrogens with zero attached hydrogens (tertiary/aromatic N) is 6. The van der Waals surface area contributed by atoms with Crippen molar-refractivity contribution in [2.45, 2.75) is 38.8 Å². The van der Waals surface area contributed by atoms with Crippen LogP contribution in [0.2, 0.25) is 0 Å². The zero-order valence-corrected chi connectivity index (χ0v) is 21.2. The molecule has 2 aromatic heterocycles. The van der Waals surface area contributed by atoms with E-state index in [2.05, 4.69) is 31.9 Å². The van der Waals surface area contributed by atoms with Gasteiger partial charge in [-0.15, -0.1) is 0 Å². The molecule has 0 spiro atoms. The predicted molar refractivity (Wildman–Crippen MR) is 138 cm³/mol. The van der Waals surface area contributed by atoms with Gasteiger partial charge in [0.2, 0.25) is 11.8 Å². The highest BCUT2D eigenvalue weighted by atomic mass is 16.2. The first-order valence-electron chi connectivity index (χ1n) is 13.5. The molecular formula is C28H38N6O2. The Kier molecular flexibility index (Phi) is 8.23. The molecule has 2 amide bonds. The fourth-order valence-electron chi connectivity index (χ4n) is 5.91. The fraction of sp³-hybridized carbons (Fsp3) is 0.571. The first-order chi connectivity index (χ1) is 17.7. The molecule has 0 bridgehead atoms. The van der Waals surface area contributed by atoms with Crippen LogP contribution in [0, 0.1) is 11.8 Å². The Bertz CT molecular complexity index is 908. The van der Waals surface area contributed by atoms with E-state index in [4.69, 9.17) is 0 Å². The predicted octanol–water partition coefficient (Wildman–Crippen LogP) is 2.27. The second-order valence-electron chi connectivity index (χ2n) is 10.5. The monoisotopic (exact) mass is 490 g/mol. The third kappa shape index (κ3) is 6.28. The fourth-order valence-corrected chi connectivity index (χ4v) is 5.91. The van der Waals surface area contributed by atoms with Crippen molar-refractivity contribution >= 4 is 11.8 Å². The summed E-state index contributed by atoms with van der Waals surface area (Å²) in [5, 5.41) is 0. The number of hydrogen-bond donors (Lipinski definition) is 0. The van der Waals surface area contributed by atoms with Gasteiger partial charge in [0.15, 0.2) is 0 Å². The Labute approximate surface area is 214 Å². The first-order valence-corrected chi connectivity index (χ1v) is 13.5. The maximum absolute atomic E-state index is 13.3. The van der Waals surface area contributed by atoms with Crippen molar-refractivity contribution in [3.05, 3.63) is 60.2 Å². The topological polar surface area (TPSA) is 72.9 Å². The minimum atomic E-state index is -0.00978. The molecule has 36 heavy (non-hydrogen) atoms. The normalized spacial score (nSPS) is 24.0. The van der Waals surface area contributed by atoms with Gasteiger partial charge >= 0.3 is 0 Å². The van der Waals surface area contributed by atoms with Crippen LogP contribution >= 0.6 is 0 Å². The van der Waals surface area contributed by atoms with E-state index in [9.17, 15) is 9.59 Å². The van der Waals surface area contributed by atoms with Crippen molar-refractivity contribution in [1.82, 2.24) is 29.6 Å². The van der Waals surface area contributed by atoms with Crippen LogP contribution in [0.4, 0.5) is 0 Å². The van der Waals surface area contributed by atoms with Crippen molar-refractivity contribution in [2.24, 2.45) is 11.8 Å². The van der Waals surface area contributed by atoms with E-state index < -0.39 is 0 Å². The maximum Gasteiger partial charge on any atom is 0.225 e. The summed E-state index contributed by atoms with van der Waals surface area (Å²) in [6.45, 7) is 8.40. The van der Waals surface area contributed by atoms with E-state index in [0.29, 0.717) is 6.42 Å². The van der Waals surface area contributed by atoms with Crippen LogP contribution in [-0.4, -0.2) is 93.7 Å². The largest absolute Gasteiger partial charge is 0.340 e. The number of amides is 2. The van der Waals surface area contributed by atoms with Gasteiger partial charge in [0.1, 0.15) is 0 Å². The second kappa shape index (κ2) is 11.9. The average molecular weight is 491 g/mol. The molecule has 1 saturated carbocycles. The Hall–Kier alpha value is -2.84. The standard InChI is InChI=1S/C28H38N6O2/c35-27(33-14-10-31(11-15-33)21-23-4-2-8-29-19-23)25-6-1-7-26(18-25)28(36)34-16-12-32(13-17-34)22-24-5-3-9-30-20-24/h2-5,8-9,19-20,25-26H,1,6-7,10-18,21-22H2. The summed E-state index contributed by atoms with van der Waals surface area (Å²) in [5.74, 6) is 0.499. The molecular weight excluding hydrogens is 452 g/mol. The van der Waals surface area contributed by atoms with Crippen LogP contribution in [0.1, 0.15) is 36.8 Å². The Morgan fingerprint density at radius 1 is 0.694 bits per heavy atom. The van der Waals surface area contributed by atoms with Crippen molar-refractivity contribution in [1.29, 1.82) is 0 Å². The molecule has 4 heterocycles. The number of carbonyl (C=O) groups excluding carboxylic acids is 2. The smallest absolute Gasteiger partial charge is 0.225 e. The van der Waals surface area contributed by atoms with E-state index in [-0.39, 0.29) is 23.7 Å². The molecule has 3 aliphatic rings. The van der Waals surface area contributed by atoms with E-state index in [1.54, 1.807) is 12.4 Å². The number of rotatable bonds is 6. The summed E-state index contributed by atoms with van der Waals surface area (Å²) in [7, 11) is 0. The van der Waals surface area contributed by atoms with Crippen molar-refractivity contribution in [2.75, 3.05) is 52.4 Å². The van der Waals surface area contributed by atoms with E-state index >= 15 is 0 Å². The average Bonchev–Trinajstić information content (AvgIpc) is 2.94. The van der Waals surface area contributed by atoms with Crippen LogP contribution in [0.15, 0.2) is 49.1 Å². The Morgan fingerprint density at radius 3 is 1.53 bits per heavy atom. The van der Waals surface area contributed by atoms with E-state index in [0.717, 1.165) is 84.7 Å². The molecule has 3 fully saturated rings. The highest BCUT2D eigenvalue weighted by molar-refractivity contribution is 5.82. The van der Waals surface area contributed by atoms with Crippen molar-refractivity contribution < 1.29 is 9.59 Å². The number of hydrogen-bond acceptors (Lipinski definition) is 6. The molecule has 8 nitrogen and oxygen atoms in total. The summed E-state index contributed by atoms with van der Waals surface area (Å²) in [4.78, 5) is 43.9. The lowest BCUT2D eigenvalue weighted by Crippen LogP contribution is -2.52. The zero-order chi connectivity index (χ0) is 24.7. The van der Waals surface area contributed by atoms with Crippen LogP contribution in [-0.2, 0) is 22.7 Å². The molecule has 8 heteroatoms. The molecule has 2 atom stereocenters. The lowest BCUT2D eigenvalue weighted by atomic mass is 9.79. The third-order valence-electron chi connectivity index (χ3n) is 8.00. The maximum atomic E-state index is 13.3. The summed E-state index contributed by atoms with van der Waals surface area (Å²) in [6.07, 6.45) is 10.9. The van der Waals surface area contributed by atoms with Crippen LogP contribution in [0.25, 0.3) is 0 Å². The molecule has 192 valence electrons. The highest BCUT2D eigenvalue weighted by Gasteiger charge is 2.36. The van der Waals surface area contributed by atoms with Crippen molar-refractivity contribution in [3.63, 3.8) is 0 Å². The van der Waals surface area contributed by atoms with Gasteiger partial charge in [-0.1, -0.05) is 18.6 Å². The molecule has 2 unspecified atom stereocenters. The lowest BCUT2D eigenvalue weighted by molar-refractivity contribution is -0.143. The van der Waals surface area contributed by atoms with Gasteiger partial charge in [0, 0.05) is 102 Å². The Balaban J connectivity index is 1.07. The van der Waals surface area contributed by atoms with Crippen molar-refractivity contribution in [3.8, 4) is 0 Å². The van der Waals surface area contributed by atoms with Gasteiger partial charge in [0.25, 0.3) is 0 Å². The molecule has 5 rings (SSSR count). The molecule has 1 aliphatic carbocycles. The summed E-state index contributed by atoms with van der Waals surface area (Å²) >= 11 is 0. The van der Waals surface area contributed by atoms with Gasteiger partial charge < -0.3 is 9.80 Å². The first kappa shape index (κ1) is 24.8. The molecule has 2 aliphatic heterocycles. The lowest BCUT2D eigenvalue weighted by Gasteiger charge is -2.40. The third-order valence-corrected chi connectivity index (χ3v) is 8.00. The summed E-state index contributed by atoms with van der Waals surface area (Å²) in [6, 6.07) is 8.14. The highest BCUT2D eigenvalue weighted by Crippen LogP contribution is 2.32. The molecule has 2 aromatic rings. The zero-order valence-electron chi connectivity index (χ0n) is 21.2. The SMILES string of the molecule is O=C(C1CCCC(C(=O)N2CCN(Cc3cccnc3)CC2)C1)N1CCN(Cc2cccnc2)CC1. The number of piperazine rings is 2. The minimum Gasteiger partial charge on any atom is -0.340 e. The van der Waals surface area contributed by atoms with Gasteiger partial charge in [-0.05, 0) is 42.5 Å². The number of pyridine rings is 2. The van der Waals surface area contributed by atoms with Gasteiger partial charge in [0.05, 0.1) is 0 Å². The van der Waals surface area contributed by atoms with Gasteiger partial charge in [-0.3, -0.25) is 29.4 Å². The van der Waals surface area contributed by atoms with E-state index in [1.165, 1.54) is 11.1 Å². The molecule has 0 aromatic carbocycles. The van der Waals surface area contributed by atoms with Crippen LogP contribution < -0.4 is 0 Å². The van der Waals surface area contributed by atoms with Crippen LogP contribution in [0.5, 0.6) is 0 Å². The molecule has 2 saturated heterocycles. The number of aromatic nitrogens is 2. The quantitative estimate of drug-likeness (QED) is 0.619. The van der Waals surface area contributed by atoms with Crippen LogP contribution in [0.3, 0.4) is 0 Å². The second-order valence-corrected chi connectivity index (χ2v) is 10.5. The summed E-state index contributed by atoms with van der Waals surface area (Å²) < 4.78 is 0. The Morgan fingerprint density at radius 2 is 1.14 bits per heavy atom. The van der Waals surface area contributed by atoms with E-state index in [1.807, 2.05) is 34.3 Å².